The van der Waals surface area contributed by atoms with Crippen LogP contribution in [-0.2, 0) is 11.2 Å². The lowest BCUT2D eigenvalue weighted by molar-refractivity contribution is -0.116. The van der Waals surface area contributed by atoms with Crippen LogP contribution in [0.15, 0.2) is 47.8 Å². The van der Waals surface area contributed by atoms with Crippen LogP contribution in [0.3, 0.4) is 0 Å². The molecule has 1 amide bonds. The number of aryl methyl sites for hydroxylation is 1. The first-order valence-electron chi connectivity index (χ1n) is 8.16. The second-order valence-electron chi connectivity index (χ2n) is 5.84. The largest absolute Gasteiger partial charge is 0.497 e. The van der Waals surface area contributed by atoms with Crippen molar-refractivity contribution < 1.29 is 9.53 Å². The van der Waals surface area contributed by atoms with Gasteiger partial charge >= 0.3 is 0 Å². The van der Waals surface area contributed by atoms with Gasteiger partial charge in [0.25, 0.3) is 0 Å². The molecule has 3 aromatic rings. The number of ether oxygens (including phenoxy) is 1. The standard InChI is InChI=1S/C18H18N4O2S/c1-24-14-7-8-15-13(11-14)5-4-10-21(15)17(23)12-25-18-20-19-16-6-2-3-9-22(16)18/h2-3,6-9,11H,4-5,10,12H2,1H3. The summed E-state index contributed by atoms with van der Waals surface area (Å²) in [5.74, 6) is 1.25. The second kappa shape index (κ2) is 6.76. The smallest absolute Gasteiger partial charge is 0.237 e. The third-order valence-corrected chi connectivity index (χ3v) is 5.24. The second-order valence-corrected chi connectivity index (χ2v) is 6.79. The number of methoxy groups -OCH3 is 1. The zero-order valence-electron chi connectivity index (χ0n) is 13.9. The minimum absolute atomic E-state index is 0.0868. The van der Waals surface area contributed by atoms with Crippen molar-refractivity contribution in [2.75, 3.05) is 24.3 Å². The van der Waals surface area contributed by atoms with E-state index >= 15 is 0 Å². The molecular weight excluding hydrogens is 336 g/mol. The summed E-state index contributed by atoms with van der Waals surface area (Å²) in [7, 11) is 1.66. The molecule has 1 aromatic carbocycles. The number of hydrogen-bond donors (Lipinski definition) is 0. The number of hydrogen-bond acceptors (Lipinski definition) is 5. The van der Waals surface area contributed by atoms with Crippen molar-refractivity contribution in [2.45, 2.75) is 18.0 Å². The van der Waals surface area contributed by atoms with E-state index in [1.54, 1.807) is 7.11 Å². The van der Waals surface area contributed by atoms with Crippen LogP contribution in [0.2, 0.25) is 0 Å². The number of anilines is 1. The number of carbonyl (C=O) groups is 1. The van der Waals surface area contributed by atoms with Crippen LogP contribution < -0.4 is 9.64 Å². The van der Waals surface area contributed by atoms with E-state index in [9.17, 15) is 4.79 Å². The first-order chi connectivity index (χ1) is 12.3. The topological polar surface area (TPSA) is 59.7 Å². The minimum atomic E-state index is 0.0868. The van der Waals surface area contributed by atoms with Crippen LogP contribution in [0.25, 0.3) is 5.65 Å². The summed E-state index contributed by atoms with van der Waals surface area (Å²) in [5.41, 5.74) is 2.94. The Balaban J connectivity index is 1.51. The predicted molar refractivity (Wildman–Crippen MR) is 97.4 cm³/mol. The molecule has 0 saturated heterocycles. The molecule has 6 nitrogen and oxygen atoms in total. The number of pyridine rings is 1. The van der Waals surface area contributed by atoms with Crippen molar-refractivity contribution in [1.82, 2.24) is 14.6 Å². The Morgan fingerprint density at radius 2 is 2.20 bits per heavy atom. The molecule has 0 N–H and O–H groups in total. The lowest BCUT2D eigenvalue weighted by Crippen LogP contribution is -2.36. The summed E-state index contributed by atoms with van der Waals surface area (Å²) in [6, 6.07) is 11.6. The highest BCUT2D eigenvalue weighted by atomic mass is 32.2. The van der Waals surface area contributed by atoms with Gasteiger partial charge in [-0.1, -0.05) is 17.8 Å². The average Bonchev–Trinajstić information content (AvgIpc) is 3.08. The molecule has 128 valence electrons. The van der Waals surface area contributed by atoms with Crippen molar-refractivity contribution in [3.05, 3.63) is 48.2 Å². The molecule has 3 heterocycles. The molecule has 7 heteroatoms. The molecule has 0 bridgehead atoms. The van der Waals surface area contributed by atoms with Crippen LogP contribution >= 0.6 is 11.8 Å². The van der Waals surface area contributed by atoms with Crippen LogP contribution in [0.5, 0.6) is 5.75 Å². The number of rotatable bonds is 4. The normalized spacial score (nSPS) is 13.7. The fourth-order valence-corrected chi connectivity index (χ4v) is 3.88. The molecule has 0 fully saturated rings. The summed E-state index contributed by atoms with van der Waals surface area (Å²) < 4.78 is 7.18. The highest BCUT2D eigenvalue weighted by molar-refractivity contribution is 7.99. The van der Waals surface area contributed by atoms with Crippen molar-refractivity contribution in [3.8, 4) is 5.75 Å². The molecule has 2 aromatic heterocycles. The van der Waals surface area contributed by atoms with Gasteiger partial charge in [0.1, 0.15) is 5.75 Å². The average molecular weight is 354 g/mol. The molecule has 25 heavy (non-hydrogen) atoms. The highest BCUT2D eigenvalue weighted by Crippen LogP contribution is 2.31. The number of thioether (sulfide) groups is 1. The van der Waals surface area contributed by atoms with Crippen LogP contribution in [-0.4, -0.2) is 39.9 Å². The van der Waals surface area contributed by atoms with E-state index in [1.807, 2.05) is 51.9 Å². The maximum absolute atomic E-state index is 12.8. The first kappa shape index (κ1) is 16.0. The van der Waals surface area contributed by atoms with Gasteiger partial charge in [0, 0.05) is 18.4 Å². The third kappa shape index (κ3) is 3.07. The van der Waals surface area contributed by atoms with E-state index in [0.29, 0.717) is 5.75 Å². The monoisotopic (exact) mass is 354 g/mol. The van der Waals surface area contributed by atoms with Gasteiger partial charge in [0.2, 0.25) is 5.91 Å². The molecule has 0 aliphatic carbocycles. The van der Waals surface area contributed by atoms with Crippen molar-refractivity contribution >= 4 is 29.0 Å². The van der Waals surface area contributed by atoms with Gasteiger partial charge in [-0.25, -0.2) is 0 Å². The summed E-state index contributed by atoms with van der Waals surface area (Å²) in [6.45, 7) is 0.749. The lowest BCUT2D eigenvalue weighted by Gasteiger charge is -2.29. The summed E-state index contributed by atoms with van der Waals surface area (Å²) in [5, 5.41) is 9.02. The van der Waals surface area contributed by atoms with Gasteiger partial charge in [-0.15, -0.1) is 10.2 Å². The summed E-state index contributed by atoms with van der Waals surface area (Å²) >= 11 is 1.41. The number of benzene rings is 1. The van der Waals surface area contributed by atoms with Crippen LogP contribution in [0.4, 0.5) is 5.69 Å². The third-order valence-electron chi connectivity index (χ3n) is 4.31. The van der Waals surface area contributed by atoms with Gasteiger partial charge < -0.3 is 9.64 Å². The van der Waals surface area contributed by atoms with E-state index < -0.39 is 0 Å². The van der Waals surface area contributed by atoms with Gasteiger partial charge in [-0.05, 0) is 48.7 Å². The van der Waals surface area contributed by atoms with Crippen molar-refractivity contribution in [1.29, 1.82) is 0 Å². The van der Waals surface area contributed by atoms with Gasteiger partial charge in [-0.2, -0.15) is 0 Å². The Hall–Kier alpha value is -2.54. The maximum atomic E-state index is 12.8. The fraction of sp³-hybridized carbons (Fsp3) is 0.278. The SMILES string of the molecule is COc1ccc2c(c1)CCCN2C(=O)CSc1nnc2ccccn12. The zero-order valence-corrected chi connectivity index (χ0v) is 14.7. The van der Waals surface area contributed by atoms with Gasteiger partial charge in [0.05, 0.1) is 12.9 Å². The minimum Gasteiger partial charge on any atom is -0.497 e. The van der Waals surface area contributed by atoms with Gasteiger partial charge in [-0.3, -0.25) is 9.20 Å². The van der Waals surface area contributed by atoms with E-state index in [1.165, 1.54) is 11.8 Å². The maximum Gasteiger partial charge on any atom is 0.237 e. The highest BCUT2D eigenvalue weighted by Gasteiger charge is 2.23. The Kier molecular flexibility index (Phi) is 4.31. The van der Waals surface area contributed by atoms with Crippen molar-refractivity contribution in [3.63, 3.8) is 0 Å². The molecule has 0 atom stereocenters. The Morgan fingerprint density at radius 3 is 3.08 bits per heavy atom. The quantitative estimate of drug-likeness (QED) is 0.674. The molecule has 4 rings (SSSR count). The summed E-state index contributed by atoms with van der Waals surface area (Å²) in [4.78, 5) is 14.6. The van der Waals surface area contributed by atoms with E-state index in [2.05, 4.69) is 10.2 Å². The number of amides is 1. The van der Waals surface area contributed by atoms with E-state index in [-0.39, 0.29) is 5.91 Å². The first-order valence-corrected chi connectivity index (χ1v) is 9.14. The lowest BCUT2D eigenvalue weighted by atomic mass is 10.0. The Morgan fingerprint density at radius 1 is 1.28 bits per heavy atom. The molecule has 0 radical (unpaired) electrons. The number of carbonyl (C=O) groups excluding carboxylic acids is 1. The fourth-order valence-electron chi connectivity index (χ4n) is 3.08. The number of fused-ring (bicyclic) bond motifs is 2. The molecule has 0 saturated carbocycles. The van der Waals surface area contributed by atoms with Crippen LogP contribution in [0.1, 0.15) is 12.0 Å². The molecular formula is C18H18N4O2S. The predicted octanol–water partition coefficient (Wildman–Crippen LogP) is 2.81. The van der Waals surface area contributed by atoms with Crippen LogP contribution in [0, 0.1) is 0 Å². The molecule has 1 aliphatic heterocycles. The van der Waals surface area contributed by atoms with Gasteiger partial charge in [0.15, 0.2) is 10.8 Å². The molecule has 0 unspecified atom stereocenters. The van der Waals surface area contributed by atoms with E-state index in [0.717, 1.165) is 47.2 Å². The molecule has 1 aliphatic rings. The zero-order chi connectivity index (χ0) is 17.2. The Labute approximate surface area is 149 Å². The molecule has 0 spiro atoms. The van der Waals surface area contributed by atoms with E-state index in [4.69, 9.17) is 4.74 Å². The summed E-state index contributed by atoms with van der Waals surface area (Å²) in [6.07, 6.45) is 3.84. The number of aromatic nitrogens is 3. The Bertz CT molecular complexity index is 924. The number of nitrogens with zero attached hydrogens (tertiary/aromatic N) is 4. The van der Waals surface area contributed by atoms with Crippen molar-refractivity contribution in [2.24, 2.45) is 0 Å².